The molecule has 142 valence electrons. The molecule has 0 aliphatic carbocycles. The van der Waals surface area contributed by atoms with Crippen molar-refractivity contribution >= 4 is 28.9 Å². The summed E-state index contributed by atoms with van der Waals surface area (Å²) in [6, 6.07) is 10.0. The Hall–Kier alpha value is -3.26. The second kappa shape index (κ2) is 7.05. The van der Waals surface area contributed by atoms with Crippen molar-refractivity contribution < 1.29 is 19.4 Å². The van der Waals surface area contributed by atoms with Gasteiger partial charge in [0.2, 0.25) is 0 Å². The van der Waals surface area contributed by atoms with Crippen LogP contribution in [0.15, 0.2) is 42.6 Å². The SMILES string of the molecule is Cc1sc(-c2ccccn2)nc1-c1ccc2c(c1)N(C(C)C(=O)O)C(=O)CO2. The zero-order chi connectivity index (χ0) is 19.8. The summed E-state index contributed by atoms with van der Waals surface area (Å²) < 4.78 is 5.48. The fourth-order valence-electron chi connectivity index (χ4n) is 3.12. The van der Waals surface area contributed by atoms with E-state index in [-0.39, 0.29) is 12.5 Å². The summed E-state index contributed by atoms with van der Waals surface area (Å²) in [6.45, 7) is 3.27. The van der Waals surface area contributed by atoms with Gasteiger partial charge in [-0.25, -0.2) is 9.78 Å². The average molecular weight is 395 g/mol. The number of carboxylic acid groups (broad SMARTS) is 1. The molecular formula is C20H17N3O4S. The van der Waals surface area contributed by atoms with Gasteiger partial charge in [0.1, 0.15) is 16.8 Å². The van der Waals surface area contributed by atoms with E-state index >= 15 is 0 Å². The molecule has 3 aromatic rings. The van der Waals surface area contributed by atoms with Gasteiger partial charge in [0.05, 0.1) is 17.1 Å². The highest BCUT2D eigenvalue weighted by Crippen LogP contribution is 2.39. The van der Waals surface area contributed by atoms with E-state index in [1.807, 2.05) is 31.2 Å². The minimum Gasteiger partial charge on any atom is -0.482 e. The van der Waals surface area contributed by atoms with Crippen LogP contribution in [0.1, 0.15) is 11.8 Å². The number of nitrogens with zero attached hydrogens (tertiary/aromatic N) is 3. The molecule has 2 aromatic heterocycles. The molecule has 0 saturated carbocycles. The molecule has 1 unspecified atom stereocenters. The Kier molecular flexibility index (Phi) is 4.56. The number of hydrogen-bond acceptors (Lipinski definition) is 6. The molecule has 0 saturated heterocycles. The lowest BCUT2D eigenvalue weighted by Crippen LogP contribution is -2.48. The molecule has 0 spiro atoms. The van der Waals surface area contributed by atoms with Gasteiger partial charge in [-0.2, -0.15) is 0 Å². The summed E-state index contributed by atoms with van der Waals surface area (Å²) in [5, 5.41) is 10.2. The number of anilines is 1. The number of ether oxygens (including phenoxy) is 1. The third kappa shape index (κ3) is 3.11. The molecule has 4 rings (SSSR count). The van der Waals surface area contributed by atoms with Crippen molar-refractivity contribution in [2.45, 2.75) is 19.9 Å². The molecule has 7 nitrogen and oxygen atoms in total. The first kappa shape index (κ1) is 18.1. The number of carbonyl (C=O) groups is 2. The first-order valence-electron chi connectivity index (χ1n) is 8.66. The molecule has 3 heterocycles. The molecule has 1 aliphatic heterocycles. The number of benzene rings is 1. The predicted molar refractivity (Wildman–Crippen MR) is 106 cm³/mol. The number of hydrogen-bond donors (Lipinski definition) is 1. The van der Waals surface area contributed by atoms with Crippen molar-refractivity contribution in [2.75, 3.05) is 11.5 Å². The standard InChI is InChI=1S/C20H17N3O4S/c1-11(20(25)26)23-15-9-13(6-7-16(15)27-10-17(23)24)18-12(2)28-19(22-18)14-5-3-4-8-21-14/h3-9,11H,10H2,1-2H3,(H,25,26). The quantitative estimate of drug-likeness (QED) is 0.728. The van der Waals surface area contributed by atoms with Crippen LogP contribution in [-0.2, 0) is 9.59 Å². The van der Waals surface area contributed by atoms with E-state index in [0.29, 0.717) is 11.4 Å². The van der Waals surface area contributed by atoms with Crippen LogP contribution >= 0.6 is 11.3 Å². The Balaban J connectivity index is 1.78. The lowest BCUT2D eigenvalue weighted by molar-refractivity contribution is -0.140. The van der Waals surface area contributed by atoms with Crippen molar-refractivity contribution in [1.82, 2.24) is 9.97 Å². The molecule has 0 bridgehead atoms. The predicted octanol–water partition coefficient (Wildman–Crippen LogP) is 3.38. The van der Waals surface area contributed by atoms with Crippen LogP contribution in [0.4, 0.5) is 5.69 Å². The fraction of sp³-hybridized carbons (Fsp3) is 0.200. The summed E-state index contributed by atoms with van der Waals surface area (Å²) in [7, 11) is 0. The number of aryl methyl sites for hydroxylation is 1. The number of amides is 1. The minimum absolute atomic E-state index is 0.177. The van der Waals surface area contributed by atoms with Gasteiger partial charge in [-0.1, -0.05) is 6.07 Å². The first-order chi connectivity index (χ1) is 13.5. The molecular weight excluding hydrogens is 378 g/mol. The number of fused-ring (bicyclic) bond motifs is 1. The zero-order valence-electron chi connectivity index (χ0n) is 15.2. The molecule has 0 fully saturated rings. The molecule has 0 radical (unpaired) electrons. The van der Waals surface area contributed by atoms with Crippen molar-refractivity contribution in [3.05, 3.63) is 47.5 Å². The van der Waals surface area contributed by atoms with Crippen LogP contribution in [-0.4, -0.2) is 39.6 Å². The lowest BCUT2D eigenvalue weighted by Gasteiger charge is -2.32. The summed E-state index contributed by atoms with van der Waals surface area (Å²) in [5.74, 6) is -0.980. The van der Waals surface area contributed by atoms with Crippen molar-refractivity contribution in [3.63, 3.8) is 0 Å². The van der Waals surface area contributed by atoms with Crippen molar-refractivity contribution in [3.8, 4) is 27.7 Å². The van der Waals surface area contributed by atoms with Gasteiger partial charge in [0.25, 0.3) is 5.91 Å². The van der Waals surface area contributed by atoms with Gasteiger partial charge < -0.3 is 9.84 Å². The summed E-state index contributed by atoms with van der Waals surface area (Å²) >= 11 is 1.53. The normalized spacial score (nSPS) is 14.4. The number of thiazole rings is 1. The second-order valence-electron chi connectivity index (χ2n) is 6.39. The maximum atomic E-state index is 12.3. The van der Waals surface area contributed by atoms with Crippen LogP contribution in [0.2, 0.25) is 0 Å². The number of aliphatic carboxylic acids is 1. The van der Waals surface area contributed by atoms with Crippen molar-refractivity contribution in [2.24, 2.45) is 0 Å². The molecule has 1 amide bonds. The van der Waals surface area contributed by atoms with Gasteiger partial charge in [-0.3, -0.25) is 14.7 Å². The van der Waals surface area contributed by atoms with Crippen LogP contribution in [0, 0.1) is 6.92 Å². The highest BCUT2D eigenvalue weighted by Gasteiger charge is 2.33. The second-order valence-corrected chi connectivity index (χ2v) is 7.59. The number of pyridine rings is 1. The summed E-state index contributed by atoms with van der Waals surface area (Å²) in [5.41, 5.74) is 2.79. The monoisotopic (exact) mass is 395 g/mol. The van der Waals surface area contributed by atoms with E-state index in [4.69, 9.17) is 9.72 Å². The Morgan fingerprint density at radius 3 is 2.86 bits per heavy atom. The van der Waals surface area contributed by atoms with E-state index < -0.39 is 12.0 Å². The fourth-order valence-corrected chi connectivity index (χ4v) is 4.03. The maximum absolute atomic E-state index is 12.3. The van der Waals surface area contributed by atoms with Gasteiger partial charge >= 0.3 is 5.97 Å². The van der Waals surface area contributed by atoms with E-state index in [1.54, 1.807) is 18.3 Å². The summed E-state index contributed by atoms with van der Waals surface area (Å²) in [4.78, 5) is 35.1. The van der Waals surface area contributed by atoms with Gasteiger partial charge in [0.15, 0.2) is 6.61 Å². The number of carboxylic acids is 1. The zero-order valence-corrected chi connectivity index (χ0v) is 16.1. The minimum atomic E-state index is -1.08. The van der Waals surface area contributed by atoms with E-state index in [2.05, 4.69) is 4.98 Å². The highest BCUT2D eigenvalue weighted by atomic mass is 32.1. The highest BCUT2D eigenvalue weighted by molar-refractivity contribution is 7.15. The topological polar surface area (TPSA) is 92.6 Å². The number of carbonyl (C=O) groups excluding carboxylic acids is 1. The molecule has 1 aliphatic rings. The lowest BCUT2D eigenvalue weighted by atomic mass is 10.1. The average Bonchev–Trinajstić information content (AvgIpc) is 3.09. The smallest absolute Gasteiger partial charge is 0.326 e. The van der Waals surface area contributed by atoms with Crippen LogP contribution in [0.5, 0.6) is 5.75 Å². The Morgan fingerprint density at radius 2 is 2.14 bits per heavy atom. The van der Waals surface area contributed by atoms with Gasteiger partial charge in [0, 0.05) is 16.6 Å². The van der Waals surface area contributed by atoms with E-state index in [9.17, 15) is 14.7 Å². The molecule has 8 heteroatoms. The molecule has 1 N–H and O–H groups in total. The van der Waals surface area contributed by atoms with Gasteiger partial charge in [-0.05, 0) is 44.2 Å². The molecule has 1 atom stereocenters. The molecule has 28 heavy (non-hydrogen) atoms. The Bertz CT molecular complexity index is 1060. The number of aromatic nitrogens is 2. The third-order valence-electron chi connectivity index (χ3n) is 4.54. The maximum Gasteiger partial charge on any atom is 0.326 e. The van der Waals surface area contributed by atoms with Crippen LogP contribution < -0.4 is 9.64 Å². The van der Waals surface area contributed by atoms with E-state index in [0.717, 1.165) is 26.8 Å². The van der Waals surface area contributed by atoms with Crippen LogP contribution in [0.3, 0.4) is 0 Å². The summed E-state index contributed by atoms with van der Waals surface area (Å²) in [6.07, 6.45) is 1.72. The largest absolute Gasteiger partial charge is 0.482 e. The van der Waals surface area contributed by atoms with Crippen LogP contribution in [0.25, 0.3) is 22.0 Å². The first-order valence-corrected chi connectivity index (χ1v) is 9.48. The van der Waals surface area contributed by atoms with E-state index in [1.165, 1.54) is 23.2 Å². The Labute approximate surface area is 165 Å². The van der Waals surface area contributed by atoms with Crippen molar-refractivity contribution in [1.29, 1.82) is 0 Å². The number of rotatable bonds is 4. The van der Waals surface area contributed by atoms with Gasteiger partial charge in [-0.15, -0.1) is 11.3 Å². The Morgan fingerprint density at radius 1 is 1.32 bits per heavy atom. The third-order valence-corrected chi connectivity index (χ3v) is 5.53. The molecule has 1 aromatic carbocycles.